The van der Waals surface area contributed by atoms with E-state index in [2.05, 4.69) is 4.98 Å². The van der Waals surface area contributed by atoms with Gasteiger partial charge in [0.15, 0.2) is 5.76 Å². The molecule has 0 saturated carbocycles. The summed E-state index contributed by atoms with van der Waals surface area (Å²) in [6, 6.07) is 5.18. The lowest BCUT2D eigenvalue weighted by atomic mass is 10.2. The van der Waals surface area contributed by atoms with Crippen molar-refractivity contribution < 1.29 is 4.42 Å². The van der Waals surface area contributed by atoms with Crippen LogP contribution in [0.5, 0.6) is 0 Å². The van der Waals surface area contributed by atoms with Gasteiger partial charge in [0.25, 0.3) is 0 Å². The smallest absolute Gasteiger partial charge is 0.208 e. The lowest BCUT2D eigenvalue weighted by Crippen LogP contribution is -1.94. The van der Waals surface area contributed by atoms with Gasteiger partial charge in [-0.25, -0.2) is 4.98 Å². The number of oxazole rings is 1. The second-order valence-corrected chi connectivity index (χ2v) is 3.85. The summed E-state index contributed by atoms with van der Waals surface area (Å²) < 4.78 is 5.38. The number of hydrogen-bond donors (Lipinski definition) is 1. The predicted molar refractivity (Wildman–Crippen MR) is 59.9 cm³/mol. The maximum atomic E-state index is 5.87. The third kappa shape index (κ3) is 2.31. The number of hydrogen-bond acceptors (Lipinski definition) is 3. The topological polar surface area (TPSA) is 52.0 Å². The Morgan fingerprint density at radius 2 is 1.87 bits per heavy atom. The second kappa shape index (κ2) is 4.23. The zero-order valence-corrected chi connectivity index (χ0v) is 9.22. The molecule has 0 spiro atoms. The van der Waals surface area contributed by atoms with Gasteiger partial charge in [-0.1, -0.05) is 23.2 Å². The second-order valence-electron chi connectivity index (χ2n) is 2.98. The Balaban J connectivity index is 2.44. The van der Waals surface area contributed by atoms with Gasteiger partial charge in [0.05, 0.1) is 12.7 Å². The molecule has 2 aromatic rings. The molecule has 0 saturated heterocycles. The van der Waals surface area contributed by atoms with Crippen LogP contribution in [0, 0.1) is 0 Å². The highest BCUT2D eigenvalue weighted by Gasteiger charge is 2.06. The van der Waals surface area contributed by atoms with Crippen LogP contribution < -0.4 is 5.73 Å². The van der Waals surface area contributed by atoms with E-state index < -0.39 is 0 Å². The van der Waals surface area contributed by atoms with E-state index in [0.29, 0.717) is 21.7 Å². The third-order valence-corrected chi connectivity index (χ3v) is 2.31. The fourth-order valence-corrected chi connectivity index (χ4v) is 1.76. The van der Waals surface area contributed by atoms with Crippen molar-refractivity contribution in [2.45, 2.75) is 6.54 Å². The lowest BCUT2D eigenvalue weighted by Gasteiger charge is -1.98. The Bertz CT molecular complexity index is 462. The largest absolute Gasteiger partial charge is 0.439 e. The first-order chi connectivity index (χ1) is 7.19. The summed E-state index contributed by atoms with van der Waals surface area (Å²) in [6.07, 6.45) is 1.60. The van der Waals surface area contributed by atoms with Crippen LogP contribution in [-0.2, 0) is 6.54 Å². The van der Waals surface area contributed by atoms with Crippen LogP contribution in [-0.4, -0.2) is 4.98 Å². The first kappa shape index (κ1) is 10.5. The molecule has 0 fully saturated rings. The molecule has 0 amide bonds. The first-order valence-corrected chi connectivity index (χ1v) is 5.06. The van der Waals surface area contributed by atoms with Gasteiger partial charge in [0, 0.05) is 15.6 Å². The number of aromatic nitrogens is 1. The van der Waals surface area contributed by atoms with Crippen molar-refractivity contribution >= 4 is 23.2 Å². The Kier molecular flexibility index (Phi) is 2.95. The molecular formula is C10H8Cl2N2O. The molecule has 0 aliphatic rings. The van der Waals surface area contributed by atoms with E-state index in [0.717, 1.165) is 5.56 Å². The summed E-state index contributed by atoms with van der Waals surface area (Å²) in [5.74, 6) is 1.10. The van der Waals surface area contributed by atoms with E-state index >= 15 is 0 Å². The van der Waals surface area contributed by atoms with Gasteiger partial charge < -0.3 is 10.2 Å². The number of rotatable bonds is 2. The minimum Gasteiger partial charge on any atom is -0.439 e. The minimum atomic E-state index is 0.272. The molecule has 0 atom stereocenters. The Labute approximate surface area is 96.8 Å². The molecule has 2 rings (SSSR count). The fourth-order valence-electron chi connectivity index (χ4n) is 1.23. The van der Waals surface area contributed by atoms with Gasteiger partial charge in [-0.15, -0.1) is 0 Å². The van der Waals surface area contributed by atoms with Crippen molar-refractivity contribution in [1.82, 2.24) is 4.98 Å². The zero-order valence-electron chi connectivity index (χ0n) is 7.71. The van der Waals surface area contributed by atoms with Crippen molar-refractivity contribution in [1.29, 1.82) is 0 Å². The van der Waals surface area contributed by atoms with Gasteiger partial charge in [0.1, 0.15) is 0 Å². The highest BCUT2D eigenvalue weighted by Crippen LogP contribution is 2.27. The van der Waals surface area contributed by atoms with Gasteiger partial charge in [-0.05, 0) is 18.2 Å². The summed E-state index contributed by atoms with van der Waals surface area (Å²) in [5.41, 5.74) is 6.18. The van der Waals surface area contributed by atoms with Crippen LogP contribution in [0.3, 0.4) is 0 Å². The Hall–Kier alpha value is -1.03. The van der Waals surface area contributed by atoms with E-state index in [1.165, 1.54) is 0 Å². The maximum absolute atomic E-state index is 5.87. The first-order valence-electron chi connectivity index (χ1n) is 4.30. The Morgan fingerprint density at radius 3 is 2.40 bits per heavy atom. The zero-order chi connectivity index (χ0) is 10.8. The summed E-state index contributed by atoms with van der Waals surface area (Å²) in [6.45, 7) is 0.272. The van der Waals surface area contributed by atoms with Crippen molar-refractivity contribution in [2.24, 2.45) is 5.73 Å². The summed E-state index contributed by atoms with van der Waals surface area (Å²) in [7, 11) is 0. The molecule has 0 unspecified atom stereocenters. The molecule has 1 aromatic heterocycles. The summed E-state index contributed by atoms with van der Waals surface area (Å²) >= 11 is 11.7. The van der Waals surface area contributed by atoms with Crippen molar-refractivity contribution in [3.63, 3.8) is 0 Å². The molecule has 1 aromatic carbocycles. The molecule has 5 heteroatoms. The third-order valence-electron chi connectivity index (χ3n) is 1.88. The average molecular weight is 243 g/mol. The van der Waals surface area contributed by atoms with Crippen molar-refractivity contribution in [3.05, 3.63) is 40.3 Å². The molecule has 15 heavy (non-hydrogen) atoms. The van der Waals surface area contributed by atoms with Crippen LogP contribution in [0.1, 0.15) is 5.89 Å². The van der Waals surface area contributed by atoms with Crippen LogP contribution in [0.15, 0.2) is 28.8 Å². The molecule has 0 aliphatic heterocycles. The number of nitrogens with two attached hydrogens (primary N) is 1. The summed E-state index contributed by atoms with van der Waals surface area (Å²) in [4.78, 5) is 3.99. The quantitative estimate of drug-likeness (QED) is 0.881. The molecule has 0 bridgehead atoms. The van der Waals surface area contributed by atoms with Gasteiger partial charge in [-0.2, -0.15) is 0 Å². The van der Waals surface area contributed by atoms with Crippen molar-refractivity contribution in [3.8, 4) is 11.3 Å². The van der Waals surface area contributed by atoms with Crippen LogP contribution in [0.25, 0.3) is 11.3 Å². The minimum absolute atomic E-state index is 0.272. The number of halogens is 2. The van der Waals surface area contributed by atoms with Crippen molar-refractivity contribution in [2.75, 3.05) is 0 Å². The molecule has 2 N–H and O–H groups in total. The molecule has 0 aliphatic carbocycles. The normalized spacial score (nSPS) is 10.6. The highest BCUT2D eigenvalue weighted by atomic mass is 35.5. The van der Waals surface area contributed by atoms with Gasteiger partial charge >= 0.3 is 0 Å². The monoisotopic (exact) mass is 242 g/mol. The molecule has 1 heterocycles. The SMILES string of the molecule is NCc1ncc(-c2cc(Cl)cc(Cl)c2)o1. The van der Waals surface area contributed by atoms with E-state index in [1.807, 2.05) is 0 Å². The average Bonchev–Trinajstić information content (AvgIpc) is 2.64. The standard InChI is InChI=1S/C10H8Cl2N2O/c11-7-1-6(2-8(12)3-7)9-5-14-10(4-13)15-9/h1-3,5H,4,13H2. The number of nitrogens with zero attached hydrogens (tertiary/aromatic N) is 1. The maximum Gasteiger partial charge on any atom is 0.208 e. The highest BCUT2D eigenvalue weighted by molar-refractivity contribution is 6.35. The van der Waals surface area contributed by atoms with Gasteiger partial charge in [-0.3, -0.25) is 0 Å². The lowest BCUT2D eigenvalue weighted by molar-refractivity contribution is 0.509. The van der Waals surface area contributed by atoms with Gasteiger partial charge in [0.2, 0.25) is 5.89 Å². The summed E-state index contributed by atoms with van der Waals surface area (Å²) in [5, 5.41) is 1.12. The van der Waals surface area contributed by atoms with E-state index in [-0.39, 0.29) is 6.54 Å². The van der Waals surface area contributed by atoms with E-state index in [4.69, 9.17) is 33.4 Å². The molecule has 3 nitrogen and oxygen atoms in total. The molecule has 0 radical (unpaired) electrons. The fraction of sp³-hybridized carbons (Fsp3) is 0.100. The Morgan fingerprint density at radius 1 is 1.20 bits per heavy atom. The molecule has 78 valence electrons. The molecular weight excluding hydrogens is 235 g/mol. The van der Waals surface area contributed by atoms with Crippen LogP contribution in [0.2, 0.25) is 10.0 Å². The van der Waals surface area contributed by atoms with Crippen LogP contribution in [0.4, 0.5) is 0 Å². The van der Waals surface area contributed by atoms with Crippen LogP contribution >= 0.6 is 23.2 Å². The number of benzene rings is 1. The predicted octanol–water partition coefficient (Wildman–Crippen LogP) is 3.11. The van der Waals surface area contributed by atoms with E-state index in [1.54, 1.807) is 24.4 Å². The van der Waals surface area contributed by atoms with E-state index in [9.17, 15) is 0 Å².